The molecule has 2 aromatic heterocycles. The van der Waals surface area contributed by atoms with Crippen LogP contribution in [0.1, 0.15) is 11.3 Å². The van der Waals surface area contributed by atoms with Crippen molar-refractivity contribution in [2.24, 2.45) is 0 Å². The zero-order valence-electron chi connectivity index (χ0n) is 10.5. The first-order valence-corrected chi connectivity index (χ1v) is 5.98. The first-order valence-electron chi connectivity index (χ1n) is 5.98. The molecular formula is C14H13N3O2. The van der Waals surface area contributed by atoms with Gasteiger partial charge < -0.3 is 14.3 Å². The third kappa shape index (κ3) is 2.65. The molecule has 0 amide bonds. The van der Waals surface area contributed by atoms with Gasteiger partial charge in [0.05, 0.1) is 12.8 Å². The van der Waals surface area contributed by atoms with Gasteiger partial charge in [-0.3, -0.25) is 0 Å². The highest BCUT2D eigenvalue weighted by Crippen LogP contribution is 2.18. The van der Waals surface area contributed by atoms with Crippen molar-refractivity contribution in [2.45, 2.75) is 13.5 Å². The summed E-state index contributed by atoms with van der Waals surface area (Å²) in [6.45, 7) is 2.55. The fourth-order valence-corrected chi connectivity index (χ4v) is 1.69. The SMILES string of the molecule is Cc1ccc(-c2noc(NCc3ccco3)n2)cc1. The highest BCUT2D eigenvalue weighted by molar-refractivity contribution is 5.55. The molecule has 0 aliphatic heterocycles. The Morgan fingerprint density at radius 2 is 2.00 bits per heavy atom. The molecule has 1 aromatic carbocycles. The molecular weight excluding hydrogens is 242 g/mol. The molecule has 19 heavy (non-hydrogen) atoms. The number of nitrogens with zero attached hydrogens (tertiary/aromatic N) is 2. The second kappa shape index (κ2) is 4.97. The summed E-state index contributed by atoms with van der Waals surface area (Å²) in [6.07, 6.45) is 1.63. The van der Waals surface area contributed by atoms with Crippen molar-refractivity contribution in [3.8, 4) is 11.4 Å². The maximum absolute atomic E-state index is 5.21. The van der Waals surface area contributed by atoms with Gasteiger partial charge in [-0.1, -0.05) is 35.0 Å². The molecule has 3 aromatic rings. The van der Waals surface area contributed by atoms with Gasteiger partial charge in [0.15, 0.2) is 0 Å². The normalized spacial score (nSPS) is 10.6. The van der Waals surface area contributed by atoms with Crippen molar-refractivity contribution in [3.63, 3.8) is 0 Å². The minimum atomic E-state index is 0.381. The number of rotatable bonds is 4. The van der Waals surface area contributed by atoms with E-state index in [4.69, 9.17) is 8.94 Å². The molecule has 0 saturated carbocycles. The van der Waals surface area contributed by atoms with E-state index < -0.39 is 0 Å². The van der Waals surface area contributed by atoms with Crippen molar-refractivity contribution in [1.29, 1.82) is 0 Å². The standard InChI is InChI=1S/C14H13N3O2/c1-10-4-6-11(7-5-10)13-16-14(19-17-13)15-9-12-3-2-8-18-12/h2-8H,9H2,1H3,(H,15,16,17). The van der Waals surface area contributed by atoms with E-state index in [1.165, 1.54) is 5.56 Å². The Morgan fingerprint density at radius 3 is 2.74 bits per heavy atom. The molecule has 5 heteroatoms. The number of anilines is 1. The van der Waals surface area contributed by atoms with Gasteiger partial charge in [0.1, 0.15) is 5.76 Å². The molecule has 2 heterocycles. The lowest BCUT2D eigenvalue weighted by Crippen LogP contribution is -1.97. The topological polar surface area (TPSA) is 64.1 Å². The zero-order chi connectivity index (χ0) is 13.1. The maximum Gasteiger partial charge on any atom is 0.322 e. The molecule has 0 radical (unpaired) electrons. The summed E-state index contributed by atoms with van der Waals surface area (Å²) in [5.74, 6) is 1.39. The van der Waals surface area contributed by atoms with Gasteiger partial charge >= 0.3 is 6.01 Å². The van der Waals surface area contributed by atoms with Gasteiger partial charge in [-0.2, -0.15) is 4.98 Å². The quantitative estimate of drug-likeness (QED) is 0.775. The highest BCUT2D eigenvalue weighted by atomic mass is 16.5. The van der Waals surface area contributed by atoms with E-state index in [0.717, 1.165) is 11.3 Å². The van der Waals surface area contributed by atoms with Crippen LogP contribution in [0, 0.1) is 6.92 Å². The number of hydrogen-bond acceptors (Lipinski definition) is 5. The molecule has 0 aliphatic carbocycles. The maximum atomic E-state index is 5.21. The molecule has 0 atom stereocenters. The van der Waals surface area contributed by atoms with Crippen LogP contribution in [0.3, 0.4) is 0 Å². The summed E-state index contributed by atoms with van der Waals surface area (Å²) in [4.78, 5) is 4.28. The van der Waals surface area contributed by atoms with Gasteiger partial charge in [0.2, 0.25) is 5.82 Å². The first kappa shape index (κ1) is 11.5. The van der Waals surface area contributed by atoms with Crippen molar-refractivity contribution >= 4 is 6.01 Å². The first-order chi connectivity index (χ1) is 9.31. The lowest BCUT2D eigenvalue weighted by Gasteiger charge is -1.96. The summed E-state index contributed by atoms with van der Waals surface area (Å²) in [5, 5.41) is 6.95. The third-order valence-corrected chi connectivity index (χ3v) is 2.73. The van der Waals surface area contributed by atoms with Crippen LogP contribution in [0.15, 0.2) is 51.6 Å². The average molecular weight is 255 g/mol. The van der Waals surface area contributed by atoms with Crippen molar-refractivity contribution in [2.75, 3.05) is 5.32 Å². The monoisotopic (exact) mass is 255 g/mol. The Bertz CT molecular complexity index is 642. The van der Waals surface area contributed by atoms with E-state index in [1.54, 1.807) is 6.26 Å². The number of furan rings is 1. The van der Waals surface area contributed by atoms with Crippen LogP contribution in [0.25, 0.3) is 11.4 Å². The Balaban J connectivity index is 1.70. The molecule has 0 saturated heterocycles. The summed E-state index contributed by atoms with van der Waals surface area (Å²) in [7, 11) is 0. The summed E-state index contributed by atoms with van der Waals surface area (Å²) < 4.78 is 10.3. The van der Waals surface area contributed by atoms with Crippen LogP contribution in [0.2, 0.25) is 0 Å². The Labute approximate surface area is 110 Å². The minimum Gasteiger partial charge on any atom is -0.467 e. The van der Waals surface area contributed by atoms with Crippen LogP contribution in [-0.4, -0.2) is 10.1 Å². The van der Waals surface area contributed by atoms with E-state index in [0.29, 0.717) is 18.4 Å². The molecule has 0 unspecified atom stereocenters. The number of aryl methyl sites for hydroxylation is 1. The zero-order valence-corrected chi connectivity index (χ0v) is 10.5. The largest absolute Gasteiger partial charge is 0.467 e. The lowest BCUT2D eigenvalue weighted by molar-refractivity contribution is 0.428. The van der Waals surface area contributed by atoms with Crippen LogP contribution in [0.4, 0.5) is 6.01 Å². The second-order valence-corrected chi connectivity index (χ2v) is 4.22. The molecule has 96 valence electrons. The van der Waals surface area contributed by atoms with Crippen LogP contribution in [-0.2, 0) is 6.54 Å². The van der Waals surface area contributed by atoms with Gasteiger partial charge in [0.25, 0.3) is 0 Å². The summed E-state index contributed by atoms with van der Waals surface area (Å²) >= 11 is 0. The molecule has 0 bridgehead atoms. The fraction of sp³-hybridized carbons (Fsp3) is 0.143. The van der Waals surface area contributed by atoms with E-state index in [1.807, 2.05) is 43.3 Å². The number of aromatic nitrogens is 2. The van der Waals surface area contributed by atoms with Gasteiger partial charge in [-0.25, -0.2) is 0 Å². The lowest BCUT2D eigenvalue weighted by atomic mass is 10.1. The molecule has 3 rings (SSSR count). The van der Waals surface area contributed by atoms with E-state index >= 15 is 0 Å². The third-order valence-electron chi connectivity index (χ3n) is 2.73. The van der Waals surface area contributed by atoms with Crippen molar-refractivity contribution < 1.29 is 8.94 Å². The highest BCUT2D eigenvalue weighted by Gasteiger charge is 2.08. The summed E-state index contributed by atoms with van der Waals surface area (Å²) in [5.41, 5.74) is 2.13. The number of hydrogen-bond donors (Lipinski definition) is 1. The second-order valence-electron chi connectivity index (χ2n) is 4.22. The van der Waals surface area contributed by atoms with Crippen molar-refractivity contribution in [3.05, 3.63) is 54.0 Å². The molecule has 5 nitrogen and oxygen atoms in total. The van der Waals surface area contributed by atoms with E-state index in [2.05, 4.69) is 15.5 Å². The van der Waals surface area contributed by atoms with Crippen LogP contribution < -0.4 is 5.32 Å². The molecule has 0 spiro atoms. The molecule has 0 fully saturated rings. The number of benzene rings is 1. The van der Waals surface area contributed by atoms with Crippen LogP contribution in [0.5, 0.6) is 0 Å². The Hall–Kier alpha value is -2.56. The Kier molecular flexibility index (Phi) is 3.02. The molecule has 1 N–H and O–H groups in total. The minimum absolute atomic E-state index is 0.381. The van der Waals surface area contributed by atoms with Gasteiger partial charge in [0, 0.05) is 5.56 Å². The Morgan fingerprint density at radius 1 is 1.16 bits per heavy atom. The van der Waals surface area contributed by atoms with Gasteiger partial charge in [-0.05, 0) is 19.1 Å². The van der Waals surface area contributed by atoms with Crippen LogP contribution >= 0.6 is 0 Å². The smallest absolute Gasteiger partial charge is 0.322 e. The van der Waals surface area contributed by atoms with E-state index in [-0.39, 0.29) is 0 Å². The predicted octanol–water partition coefficient (Wildman–Crippen LogP) is 3.25. The average Bonchev–Trinajstić information content (AvgIpc) is 3.09. The number of nitrogens with one attached hydrogen (secondary N) is 1. The predicted molar refractivity (Wildman–Crippen MR) is 70.5 cm³/mol. The van der Waals surface area contributed by atoms with Crippen molar-refractivity contribution in [1.82, 2.24) is 10.1 Å². The summed E-state index contributed by atoms with van der Waals surface area (Å²) in [6, 6.07) is 12.1. The molecule has 0 aliphatic rings. The van der Waals surface area contributed by atoms with E-state index in [9.17, 15) is 0 Å². The van der Waals surface area contributed by atoms with Gasteiger partial charge in [-0.15, -0.1) is 0 Å². The fourth-order valence-electron chi connectivity index (χ4n) is 1.69.